The first-order chi connectivity index (χ1) is 9.41. The van der Waals surface area contributed by atoms with Crippen molar-refractivity contribution in [3.63, 3.8) is 0 Å². The molecule has 0 radical (unpaired) electrons. The summed E-state index contributed by atoms with van der Waals surface area (Å²) in [6, 6.07) is 3.13. The molecule has 1 aromatic heterocycles. The van der Waals surface area contributed by atoms with Crippen LogP contribution in [-0.2, 0) is 4.74 Å². The third kappa shape index (κ3) is 3.39. The van der Waals surface area contributed by atoms with E-state index in [0.29, 0.717) is 38.4 Å². The van der Waals surface area contributed by atoms with Crippen LogP contribution in [0.4, 0.5) is 5.82 Å². The smallest absolute Gasteiger partial charge is 0.356 e. The zero-order valence-corrected chi connectivity index (χ0v) is 11.9. The van der Waals surface area contributed by atoms with Crippen LogP contribution < -0.4 is 4.90 Å². The molecule has 0 bridgehead atoms. The van der Waals surface area contributed by atoms with Crippen molar-refractivity contribution in [2.24, 2.45) is 0 Å². The summed E-state index contributed by atoms with van der Waals surface area (Å²) < 4.78 is 5.23. The first kappa shape index (κ1) is 15.0. The average Bonchev–Trinajstić information content (AvgIpc) is 2.39. The van der Waals surface area contributed by atoms with Gasteiger partial charge in [-0.25, -0.2) is 9.78 Å². The minimum absolute atomic E-state index is 0.0967. The Labute approximate surface area is 121 Å². The third-order valence-electron chi connectivity index (χ3n) is 3.38. The van der Waals surface area contributed by atoms with Crippen molar-refractivity contribution in [3.05, 3.63) is 22.8 Å². The Hall–Kier alpha value is -1.37. The molecule has 2 N–H and O–H groups in total. The minimum atomic E-state index is -1.17. The van der Waals surface area contributed by atoms with Gasteiger partial charge in [0.05, 0.1) is 10.6 Å². The normalized spacial score (nSPS) is 17.8. The molecule has 2 rings (SSSR count). The van der Waals surface area contributed by atoms with Crippen LogP contribution in [0.2, 0.25) is 5.02 Å². The second kappa shape index (κ2) is 5.95. The molecular formula is C13H17ClN2O4. The van der Waals surface area contributed by atoms with Gasteiger partial charge in [0.15, 0.2) is 5.69 Å². The number of likely N-dealkylation sites (N-methyl/N-ethyl adjacent to an activating group) is 1. The molecule has 110 valence electrons. The molecule has 1 saturated heterocycles. The molecule has 0 amide bonds. The van der Waals surface area contributed by atoms with Crippen LogP contribution >= 0.6 is 11.6 Å². The molecule has 1 aromatic rings. The van der Waals surface area contributed by atoms with Gasteiger partial charge in [0.2, 0.25) is 0 Å². The maximum absolute atomic E-state index is 11.0. The number of nitrogens with zero attached hydrogens (tertiary/aromatic N) is 2. The second-order valence-corrected chi connectivity index (χ2v) is 5.41. The number of halogens is 1. The fourth-order valence-corrected chi connectivity index (χ4v) is 2.41. The van der Waals surface area contributed by atoms with Gasteiger partial charge in [-0.3, -0.25) is 0 Å². The molecule has 20 heavy (non-hydrogen) atoms. The Bertz CT molecular complexity index is 503. The molecule has 0 aliphatic carbocycles. The van der Waals surface area contributed by atoms with Crippen LogP contribution in [0.25, 0.3) is 0 Å². The molecule has 0 aromatic carbocycles. The zero-order chi connectivity index (χ0) is 14.8. The number of pyridine rings is 1. The van der Waals surface area contributed by atoms with E-state index in [1.807, 2.05) is 0 Å². The van der Waals surface area contributed by atoms with Crippen LogP contribution in [-0.4, -0.2) is 53.6 Å². The number of hydrogen-bond acceptors (Lipinski definition) is 5. The van der Waals surface area contributed by atoms with Crippen molar-refractivity contribution in [3.8, 4) is 0 Å². The Balaban J connectivity index is 2.14. The summed E-state index contributed by atoms with van der Waals surface area (Å²) in [6.45, 7) is 1.42. The standard InChI is InChI=1S/C13H17ClN2O4/c1-16(8-13(19)4-6-20-7-5-13)10-3-2-9(14)11(15-10)12(17)18/h2-3,19H,4-8H2,1H3,(H,17,18). The molecule has 0 atom stereocenters. The lowest BCUT2D eigenvalue weighted by Gasteiger charge is -2.35. The van der Waals surface area contributed by atoms with Crippen LogP contribution in [0.15, 0.2) is 12.1 Å². The summed E-state index contributed by atoms with van der Waals surface area (Å²) in [5.41, 5.74) is -1.02. The lowest BCUT2D eigenvalue weighted by Crippen LogP contribution is -2.46. The lowest BCUT2D eigenvalue weighted by atomic mass is 9.94. The average molecular weight is 301 g/mol. The van der Waals surface area contributed by atoms with Gasteiger partial charge in [-0.15, -0.1) is 0 Å². The highest BCUT2D eigenvalue weighted by Crippen LogP contribution is 2.24. The summed E-state index contributed by atoms with van der Waals surface area (Å²) in [6.07, 6.45) is 1.10. The molecule has 6 nitrogen and oxygen atoms in total. The van der Waals surface area contributed by atoms with E-state index in [4.69, 9.17) is 21.4 Å². The van der Waals surface area contributed by atoms with E-state index in [-0.39, 0.29) is 10.7 Å². The van der Waals surface area contributed by atoms with E-state index in [1.54, 1.807) is 18.0 Å². The molecule has 1 fully saturated rings. The number of carbonyl (C=O) groups is 1. The number of rotatable bonds is 4. The predicted molar refractivity (Wildman–Crippen MR) is 74.5 cm³/mol. The number of aliphatic hydroxyl groups is 1. The second-order valence-electron chi connectivity index (χ2n) is 5.00. The Morgan fingerprint density at radius 3 is 2.75 bits per heavy atom. The van der Waals surface area contributed by atoms with Crippen molar-refractivity contribution < 1.29 is 19.7 Å². The highest BCUT2D eigenvalue weighted by Gasteiger charge is 2.31. The van der Waals surface area contributed by atoms with E-state index in [9.17, 15) is 9.90 Å². The van der Waals surface area contributed by atoms with Gasteiger partial charge >= 0.3 is 5.97 Å². The summed E-state index contributed by atoms with van der Waals surface area (Å²) in [4.78, 5) is 16.8. The lowest BCUT2D eigenvalue weighted by molar-refractivity contribution is -0.0573. The first-order valence-electron chi connectivity index (χ1n) is 6.32. The fraction of sp³-hybridized carbons (Fsp3) is 0.538. The Morgan fingerprint density at radius 2 is 2.15 bits per heavy atom. The van der Waals surface area contributed by atoms with E-state index in [0.717, 1.165) is 0 Å². The fourth-order valence-electron chi connectivity index (χ4n) is 2.23. The van der Waals surface area contributed by atoms with Crippen molar-refractivity contribution in [1.82, 2.24) is 4.98 Å². The molecular weight excluding hydrogens is 284 g/mol. The zero-order valence-electron chi connectivity index (χ0n) is 11.2. The molecule has 1 aliphatic rings. The van der Waals surface area contributed by atoms with Gasteiger partial charge in [0.25, 0.3) is 0 Å². The largest absolute Gasteiger partial charge is 0.476 e. The van der Waals surface area contributed by atoms with Gasteiger partial charge in [0.1, 0.15) is 5.82 Å². The summed E-state index contributed by atoms with van der Waals surface area (Å²) >= 11 is 5.79. The monoisotopic (exact) mass is 300 g/mol. The SMILES string of the molecule is CN(CC1(O)CCOCC1)c1ccc(Cl)c(C(=O)O)n1. The molecule has 0 saturated carbocycles. The predicted octanol–water partition coefficient (Wildman–Crippen LogP) is 1.41. The van der Waals surface area contributed by atoms with Crippen LogP contribution in [0.1, 0.15) is 23.3 Å². The van der Waals surface area contributed by atoms with Crippen LogP contribution in [0.5, 0.6) is 0 Å². The van der Waals surface area contributed by atoms with Crippen LogP contribution in [0.3, 0.4) is 0 Å². The molecule has 2 heterocycles. The number of anilines is 1. The number of aromatic nitrogens is 1. The summed E-state index contributed by atoms with van der Waals surface area (Å²) in [5, 5.41) is 19.6. The first-order valence-corrected chi connectivity index (χ1v) is 6.70. The number of carboxylic acid groups (broad SMARTS) is 1. The summed E-state index contributed by atoms with van der Waals surface area (Å²) in [7, 11) is 1.76. The number of hydrogen-bond donors (Lipinski definition) is 2. The van der Waals surface area contributed by atoms with E-state index in [2.05, 4.69) is 4.98 Å². The maximum Gasteiger partial charge on any atom is 0.356 e. The van der Waals surface area contributed by atoms with Crippen molar-refractivity contribution in [1.29, 1.82) is 0 Å². The van der Waals surface area contributed by atoms with Crippen LogP contribution in [0, 0.1) is 0 Å². The number of aromatic carboxylic acids is 1. The van der Waals surface area contributed by atoms with E-state index in [1.165, 1.54) is 6.07 Å². The summed E-state index contributed by atoms with van der Waals surface area (Å²) in [5.74, 6) is -0.707. The van der Waals surface area contributed by atoms with Gasteiger partial charge in [0, 0.05) is 39.6 Å². The highest BCUT2D eigenvalue weighted by molar-refractivity contribution is 6.33. The molecule has 1 aliphatic heterocycles. The van der Waals surface area contributed by atoms with Crippen molar-refractivity contribution in [2.75, 3.05) is 31.7 Å². The van der Waals surface area contributed by atoms with Crippen molar-refractivity contribution >= 4 is 23.4 Å². The molecule has 0 spiro atoms. The maximum atomic E-state index is 11.0. The Morgan fingerprint density at radius 1 is 1.50 bits per heavy atom. The minimum Gasteiger partial charge on any atom is -0.476 e. The van der Waals surface area contributed by atoms with E-state index >= 15 is 0 Å². The molecule has 0 unspecified atom stereocenters. The third-order valence-corrected chi connectivity index (χ3v) is 3.68. The van der Waals surface area contributed by atoms with Crippen molar-refractivity contribution in [2.45, 2.75) is 18.4 Å². The number of ether oxygens (including phenoxy) is 1. The number of carboxylic acids is 1. The van der Waals surface area contributed by atoms with Gasteiger partial charge in [-0.2, -0.15) is 0 Å². The van der Waals surface area contributed by atoms with Gasteiger partial charge < -0.3 is 19.8 Å². The Kier molecular flexibility index (Phi) is 4.47. The van der Waals surface area contributed by atoms with Gasteiger partial charge in [-0.1, -0.05) is 11.6 Å². The van der Waals surface area contributed by atoms with E-state index < -0.39 is 11.6 Å². The quantitative estimate of drug-likeness (QED) is 0.875. The highest BCUT2D eigenvalue weighted by atomic mass is 35.5. The molecule has 7 heteroatoms. The topological polar surface area (TPSA) is 82.9 Å². The van der Waals surface area contributed by atoms with Gasteiger partial charge in [-0.05, 0) is 12.1 Å².